The maximum Gasteiger partial charge on any atom is 0.321 e. The molecule has 128 valence electrons. The first-order valence-electron chi connectivity index (χ1n) is 7.93. The number of aromatic nitrogens is 2. The van der Waals surface area contributed by atoms with E-state index in [2.05, 4.69) is 20.4 Å². The first-order valence-corrected chi connectivity index (χ1v) is 8.31. The van der Waals surface area contributed by atoms with E-state index < -0.39 is 0 Å². The molecule has 1 aliphatic heterocycles. The fourth-order valence-electron chi connectivity index (χ4n) is 2.64. The number of anilines is 1. The van der Waals surface area contributed by atoms with Gasteiger partial charge >= 0.3 is 6.03 Å². The topological polar surface area (TPSA) is 74.5 Å². The van der Waals surface area contributed by atoms with Gasteiger partial charge < -0.3 is 14.6 Å². The lowest BCUT2D eigenvalue weighted by atomic mass is 10.3. The van der Waals surface area contributed by atoms with Crippen LogP contribution in [0, 0.1) is 6.92 Å². The molecule has 0 aliphatic carbocycles. The molecule has 7 nitrogen and oxygen atoms in total. The number of hydrogen-bond donors (Lipinski definition) is 1. The van der Waals surface area contributed by atoms with Gasteiger partial charge in [0.1, 0.15) is 0 Å². The van der Waals surface area contributed by atoms with Crippen molar-refractivity contribution in [3.63, 3.8) is 0 Å². The normalized spacial score (nSPS) is 15.5. The second-order valence-electron chi connectivity index (χ2n) is 5.73. The first kappa shape index (κ1) is 16.7. The summed E-state index contributed by atoms with van der Waals surface area (Å²) in [4.78, 5) is 16.4. The zero-order valence-corrected chi connectivity index (χ0v) is 14.3. The predicted molar refractivity (Wildman–Crippen MR) is 91.2 cm³/mol. The summed E-state index contributed by atoms with van der Waals surface area (Å²) in [5, 5.41) is 11.3. The van der Waals surface area contributed by atoms with E-state index in [1.54, 1.807) is 19.1 Å². The Kier molecular flexibility index (Phi) is 5.32. The summed E-state index contributed by atoms with van der Waals surface area (Å²) < 4.78 is 5.38. The minimum absolute atomic E-state index is 0.0931. The molecule has 0 bridgehead atoms. The van der Waals surface area contributed by atoms with Gasteiger partial charge in [-0.2, -0.15) is 0 Å². The summed E-state index contributed by atoms with van der Waals surface area (Å²) in [5.74, 6) is 1.25. The Balaban J connectivity index is 1.43. The lowest BCUT2D eigenvalue weighted by molar-refractivity contribution is 0.146. The van der Waals surface area contributed by atoms with E-state index in [0.29, 0.717) is 35.6 Å². The number of carbonyl (C=O) groups excluding carboxylic acids is 1. The molecule has 0 radical (unpaired) electrons. The zero-order valence-electron chi connectivity index (χ0n) is 13.5. The van der Waals surface area contributed by atoms with E-state index in [4.69, 9.17) is 16.0 Å². The maximum absolute atomic E-state index is 12.3. The van der Waals surface area contributed by atoms with Gasteiger partial charge in [-0.3, -0.25) is 4.90 Å². The van der Waals surface area contributed by atoms with Gasteiger partial charge in [0, 0.05) is 56.8 Å². The second kappa shape index (κ2) is 7.63. The number of amides is 2. The van der Waals surface area contributed by atoms with Gasteiger partial charge in [-0.25, -0.2) is 4.79 Å². The van der Waals surface area contributed by atoms with Crippen molar-refractivity contribution in [3.05, 3.63) is 41.1 Å². The van der Waals surface area contributed by atoms with Crippen molar-refractivity contribution in [1.82, 2.24) is 20.0 Å². The summed E-state index contributed by atoms with van der Waals surface area (Å²) in [6, 6.07) is 7.06. The highest BCUT2D eigenvalue weighted by atomic mass is 35.5. The van der Waals surface area contributed by atoms with E-state index in [1.807, 2.05) is 17.0 Å². The van der Waals surface area contributed by atoms with Crippen molar-refractivity contribution in [2.75, 3.05) is 38.0 Å². The Labute approximate surface area is 145 Å². The van der Waals surface area contributed by atoms with Crippen LogP contribution < -0.4 is 5.32 Å². The number of benzene rings is 1. The molecule has 3 rings (SSSR count). The van der Waals surface area contributed by atoms with Crippen LogP contribution in [0.5, 0.6) is 0 Å². The number of carbonyl (C=O) groups is 1. The first-order chi connectivity index (χ1) is 11.6. The molecule has 1 saturated heterocycles. The van der Waals surface area contributed by atoms with Crippen LogP contribution >= 0.6 is 11.6 Å². The Morgan fingerprint density at radius 2 is 2.08 bits per heavy atom. The molecule has 1 aromatic heterocycles. The molecule has 8 heteroatoms. The molecular weight excluding hydrogens is 330 g/mol. The third-order valence-electron chi connectivity index (χ3n) is 3.95. The van der Waals surface area contributed by atoms with Crippen molar-refractivity contribution >= 4 is 23.3 Å². The molecule has 1 aromatic carbocycles. The summed E-state index contributed by atoms with van der Waals surface area (Å²) in [6.07, 6.45) is 0.732. The minimum Gasteiger partial charge on any atom is -0.426 e. The van der Waals surface area contributed by atoms with Crippen molar-refractivity contribution < 1.29 is 9.21 Å². The highest BCUT2D eigenvalue weighted by molar-refractivity contribution is 6.30. The summed E-state index contributed by atoms with van der Waals surface area (Å²) in [5.41, 5.74) is 0.710. The molecule has 2 amide bonds. The number of hydrogen-bond acceptors (Lipinski definition) is 5. The number of aryl methyl sites for hydroxylation is 1. The van der Waals surface area contributed by atoms with Gasteiger partial charge in [0.05, 0.1) is 0 Å². The van der Waals surface area contributed by atoms with E-state index in [9.17, 15) is 4.79 Å². The number of urea groups is 1. The minimum atomic E-state index is -0.0931. The second-order valence-corrected chi connectivity index (χ2v) is 6.17. The zero-order chi connectivity index (χ0) is 16.9. The van der Waals surface area contributed by atoms with Crippen molar-refractivity contribution in [1.29, 1.82) is 0 Å². The molecular formula is C16H20ClN5O2. The molecule has 0 unspecified atom stereocenters. The molecule has 24 heavy (non-hydrogen) atoms. The van der Waals surface area contributed by atoms with E-state index in [-0.39, 0.29) is 6.03 Å². The molecule has 0 spiro atoms. The third kappa shape index (κ3) is 4.46. The van der Waals surface area contributed by atoms with Crippen LogP contribution in [0.15, 0.2) is 28.7 Å². The predicted octanol–water partition coefficient (Wildman–Crippen LogP) is 2.42. The van der Waals surface area contributed by atoms with Gasteiger partial charge in [-0.1, -0.05) is 17.7 Å². The van der Waals surface area contributed by atoms with E-state index in [1.165, 1.54) is 0 Å². The number of nitrogens with zero attached hydrogens (tertiary/aromatic N) is 4. The van der Waals surface area contributed by atoms with Crippen LogP contribution in [0.4, 0.5) is 10.5 Å². The van der Waals surface area contributed by atoms with Crippen LogP contribution in [-0.2, 0) is 6.42 Å². The molecule has 0 saturated carbocycles. The molecule has 1 fully saturated rings. The van der Waals surface area contributed by atoms with Gasteiger partial charge in [-0.15, -0.1) is 10.2 Å². The van der Waals surface area contributed by atoms with Gasteiger partial charge in [-0.05, 0) is 18.2 Å². The fraction of sp³-hybridized carbons (Fsp3) is 0.438. The van der Waals surface area contributed by atoms with E-state index >= 15 is 0 Å². The smallest absolute Gasteiger partial charge is 0.321 e. The average Bonchev–Trinajstić information content (AvgIpc) is 2.99. The summed E-state index contributed by atoms with van der Waals surface area (Å²) in [7, 11) is 0. The fourth-order valence-corrected chi connectivity index (χ4v) is 2.83. The summed E-state index contributed by atoms with van der Waals surface area (Å²) in [6.45, 7) is 5.68. The van der Waals surface area contributed by atoms with Crippen molar-refractivity contribution in [2.24, 2.45) is 0 Å². The number of nitrogens with one attached hydrogen (secondary N) is 1. The van der Waals surface area contributed by atoms with Crippen LogP contribution in [0.2, 0.25) is 5.02 Å². The standard InChI is InChI=1S/C16H20ClN5O2/c1-12-19-20-15(24-12)5-6-21-7-9-22(10-8-21)16(23)18-14-4-2-3-13(17)11-14/h2-4,11H,5-10H2,1H3,(H,18,23). The van der Waals surface area contributed by atoms with E-state index in [0.717, 1.165) is 26.1 Å². The lowest BCUT2D eigenvalue weighted by Crippen LogP contribution is -2.50. The molecule has 0 atom stereocenters. The van der Waals surface area contributed by atoms with Crippen LogP contribution in [0.1, 0.15) is 11.8 Å². The number of halogens is 1. The summed E-state index contributed by atoms with van der Waals surface area (Å²) >= 11 is 5.93. The van der Waals surface area contributed by atoms with Crippen molar-refractivity contribution in [3.8, 4) is 0 Å². The van der Waals surface area contributed by atoms with Gasteiger partial charge in [0.25, 0.3) is 0 Å². The number of piperazine rings is 1. The lowest BCUT2D eigenvalue weighted by Gasteiger charge is -2.34. The largest absolute Gasteiger partial charge is 0.426 e. The highest BCUT2D eigenvalue weighted by Crippen LogP contribution is 2.16. The third-order valence-corrected chi connectivity index (χ3v) is 4.18. The Morgan fingerprint density at radius 3 is 2.75 bits per heavy atom. The SMILES string of the molecule is Cc1nnc(CCN2CCN(C(=O)Nc3cccc(Cl)c3)CC2)o1. The maximum atomic E-state index is 12.3. The van der Waals surface area contributed by atoms with Crippen LogP contribution in [-0.4, -0.2) is 58.8 Å². The van der Waals surface area contributed by atoms with Gasteiger partial charge in [0.15, 0.2) is 0 Å². The molecule has 2 aromatic rings. The highest BCUT2D eigenvalue weighted by Gasteiger charge is 2.21. The molecule has 2 heterocycles. The Hall–Kier alpha value is -2.12. The number of rotatable bonds is 4. The molecule has 1 N–H and O–H groups in total. The monoisotopic (exact) mass is 349 g/mol. The Morgan fingerprint density at radius 1 is 1.29 bits per heavy atom. The average molecular weight is 350 g/mol. The Bertz CT molecular complexity index is 697. The quantitative estimate of drug-likeness (QED) is 0.917. The van der Waals surface area contributed by atoms with Crippen LogP contribution in [0.25, 0.3) is 0 Å². The molecule has 1 aliphatic rings. The van der Waals surface area contributed by atoms with Crippen LogP contribution in [0.3, 0.4) is 0 Å². The van der Waals surface area contributed by atoms with Crippen molar-refractivity contribution in [2.45, 2.75) is 13.3 Å². The van der Waals surface area contributed by atoms with Gasteiger partial charge in [0.2, 0.25) is 11.8 Å².